The summed E-state index contributed by atoms with van der Waals surface area (Å²) < 4.78 is 14.8. The first kappa shape index (κ1) is 16.4. The van der Waals surface area contributed by atoms with Crippen molar-refractivity contribution < 1.29 is 9.18 Å². The van der Waals surface area contributed by atoms with Crippen LogP contribution in [0.4, 0.5) is 4.39 Å². The lowest BCUT2D eigenvalue weighted by Crippen LogP contribution is -2.32. The highest BCUT2D eigenvalue weighted by molar-refractivity contribution is 5.92. The second-order valence-electron chi connectivity index (χ2n) is 6.67. The average Bonchev–Trinajstić information content (AvgIpc) is 3.33. The molecule has 0 radical (unpaired) electrons. The molecule has 1 aromatic carbocycles. The zero-order valence-corrected chi connectivity index (χ0v) is 14.3. The van der Waals surface area contributed by atoms with E-state index in [-0.39, 0.29) is 22.8 Å². The Hall–Kier alpha value is -3.09. The Kier molecular flexibility index (Phi) is 3.99. The van der Waals surface area contributed by atoms with Crippen molar-refractivity contribution in [2.45, 2.75) is 25.2 Å². The summed E-state index contributed by atoms with van der Waals surface area (Å²) in [5.41, 5.74) is 2.10. The van der Waals surface area contributed by atoms with Crippen LogP contribution in [0.25, 0.3) is 5.82 Å². The molecule has 0 atom stereocenters. The van der Waals surface area contributed by atoms with Gasteiger partial charge in [0, 0.05) is 18.2 Å². The number of halogens is 1. The SMILES string of the molecule is Cc1cn(-c2ccc(C(=O)NCC3(c4ccc(F)cc4)CC3)nn2)cn1. The molecule has 2 aromatic heterocycles. The fourth-order valence-corrected chi connectivity index (χ4v) is 2.99. The van der Waals surface area contributed by atoms with Crippen LogP contribution in [0, 0.1) is 12.7 Å². The highest BCUT2D eigenvalue weighted by atomic mass is 19.1. The quantitative estimate of drug-likeness (QED) is 0.767. The Balaban J connectivity index is 1.41. The Morgan fingerprint density at radius 2 is 1.96 bits per heavy atom. The number of carbonyl (C=O) groups excluding carboxylic acids is 1. The predicted octanol–water partition coefficient (Wildman–Crippen LogP) is 2.57. The van der Waals surface area contributed by atoms with Crippen LogP contribution in [0.3, 0.4) is 0 Å². The monoisotopic (exact) mass is 351 g/mol. The fourth-order valence-electron chi connectivity index (χ4n) is 2.99. The van der Waals surface area contributed by atoms with E-state index in [0.717, 1.165) is 24.1 Å². The summed E-state index contributed by atoms with van der Waals surface area (Å²) in [7, 11) is 0. The van der Waals surface area contributed by atoms with Gasteiger partial charge < -0.3 is 5.32 Å². The van der Waals surface area contributed by atoms with Gasteiger partial charge in [0.25, 0.3) is 5.91 Å². The third-order valence-electron chi connectivity index (χ3n) is 4.76. The lowest BCUT2D eigenvalue weighted by atomic mass is 9.96. The summed E-state index contributed by atoms with van der Waals surface area (Å²) in [6.45, 7) is 2.39. The Labute approximate surface area is 150 Å². The molecule has 6 nitrogen and oxygen atoms in total. The van der Waals surface area contributed by atoms with Gasteiger partial charge in [-0.2, -0.15) is 0 Å². The number of aryl methyl sites for hydroxylation is 1. The molecule has 0 aliphatic heterocycles. The number of hydrogen-bond acceptors (Lipinski definition) is 4. The molecule has 3 aromatic rings. The minimum Gasteiger partial charge on any atom is -0.350 e. The zero-order valence-electron chi connectivity index (χ0n) is 14.3. The summed E-state index contributed by atoms with van der Waals surface area (Å²) in [4.78, 5) is 16.5. The predicted molar refractivity (Wildman–Crippen MR) is 93.5 cm³/mol. The number of benzene rings is 1. The van der Waals surface area contributed by atoms with E-state index in [1.807, 2.05) is 13.1 Å². The van der Waals surface area contributed by atoms with Crippen molar-refractivity contribution in [3.8, 4) is 5.82 Å². The lowest BCUT2D eigenvalue weighted by molar-refractivity contribution is 0.0943. The van der Waals surface area contributed by atoms with Gasteiger partial charge >= 0.3 is 0 Å². The molecule has 2 heterocycles. The van der Waals surface area contributed by atoms with Gasteiger partial charge in [0.05, 0.1) is 5.69 Å². The van der Waals surface area contributed by atoms with E-state index >= 15 is 0 Å². The Bertz CT molecular complexity index is 929. The number of amides is 1. The molecular weight excluding hydrogens is 333 g/mol. The van der Waals surface area contributed by atoms with Crippen LogP contribution in [0.15, 0.2) is 48.9 Å². The second-order valence-corrected chi connectivity index (χ2v) is 6.67. The van der Waals surface area contributed by atoms with E-state index in [9.17, 15) is 9.18 Å². The van der Waals surface area contributed by atoms with Crippen LogP contribution in [0.5, 0.6) is 0 Å². The van der Waals surface area contributed by atoms with Crippen molar-refractivity contribution in [3.63, 3.8) is 0 Å². The third-order valence-corrected chi connectivity index (χ3v) is 4.76. The van der Waals surface area contributed by atoms with Crippen LogP contribution < -0.4 is 5.32 Å². The molecule has 0 bridgehead atoms. The molecule has 1 amide bonds. The van der Waals surface area contributed by atoms with E-state index in [1.54, 1.807) is 35.2 Å². The largest absolute Gasteiger partial charge is 0.350 e. The summed E-state index contributed by atoms with van der Waals surface area (Å²) in [6, 6.07) is 9.87. The minimum atomic E-state index is -0.265. The smallest absolute Gasteiger partial charge is 0.271 e. The molecule has 7 heteroatoms. The summed E-state index contributed by atoms with van der Waals surface area (Å²) >= 11 is 0. The molecule has 132 valence electrons. The van der Waals surface area contributed by atoms with Crippen molar-refractivity contribution in [1.29, 1.82) is 0 Å². The molecule has 26 heavy (non-hydrogen) atoms. The summed E-state index contributed by atoms with van der Waals surface area (Å²) in [6.07, 6.45) is 5.44. The number of nitrogens with one attached hydrogen (secondary N) is 1. The van der Waals surface area contributed by atoms with Crippen LogP contribution in [-0.4, -0.2) is 32.2 Å². The normalized spacial score (nSPS) is 14.8. The second kappa shape index (κ2) is 6.33. The fraction of sp³-hybridized carbons (Fsp3) is 0.263. The van der Waals surface area contributed by atoms with Crippen molar-refractivity contribution in [3.05, 3.63) is 71.7 Å². The average molecular weight is 351 g/mol. The summed E-state index contributed by atoms with van der Waals surface area (Å²) in [5, 5.41) is 11.0. The molecule has 0 unspecified atom stereocenters. The molecule has 0 spiro atoms. The van der Waals surface area contributed by atoms with E-state index in [0.29, 0.717) is 12.4 Å². The maximum atomic E-state index is 13.1. The van der Waals surface area contributed by atoms with Crippen LogP contribution >= 0.6 is 0 Å². The van der Waals surface area contributed by atoms with Gasteiger partial charge in [-0.1, -0.05) is 12.1 Å². The van der Waals surface area contributed by atoms with Gasteiger partial charge in [0.15, 0.2) is 11.5 Å². The van der Waals surface area contributed by atoms with Crippen molar-refractivity contribution >= 4 is 5.91 Å². The van der Waals surface area contributed by atoms with E-state index in [2.05, 4.69) is 20.5 Å². The van der Waals surface area contributed by atoms with E-state index in [4.69, 9.17) is 0 Å². The van der Waals surface area contributed by atoms with E-state index in [1.165, 1.54) is 12.1 Å². The first-order valence-corrected chi connectivity index (χ1v) is 8.45. The minimum absolute atomic E-state index is 0.0922. The molecular formula is C19H18FN5O. The van der Waals surface area contributed by atoms with Gasteiger partial charge in [-0.25, -0.2) is 9.37 Å². The third kappa shape index (κ3) is 3.20. The van der Waals surface area contributed by atoms with Gasteiger partial charge in [0.2, 0.25) is 0 Å². The van der Waals surface area contributed by atoms with Gasteiger partial charge in [-0.15, -0.1) is 10.2 Å². The number of nitrogens with zero attached hydrogens (tertiary/aromatic N) is 4. The van der Waals surface area contributed by atoms with Gasteiger partial charge in [-0.3, -0.25) is 9.36 Å². The first-order valence-electron chi connectivity index (χ1n) is 8.45. The number of aromatic nitrogens is 4. The van der Waals surface area contributed by atoms with Crippen molar-refractivity contribution in [1.82, 2.24) is 25.1 Å². The summed E-state index contributed by atoms with van der Waals surface area (Å²) in [5.74, 6) is 0.0865. The zero-order chi connectivity index (χ0) is 18.1. The van der Waals surface area contributed by atoms with Crippen LogP contribution in [-0.2, 0) is 5.41 Å². The topological polar surface area (TPSA) is 72.7 Å². The van der Waals surface area contributed by atoms with Crippen molar-refractivity contribution in [2.24, 2.45) is 0 Å². The standard InChI is InChI=1S/C19H18FN5O/c1-13-10-25(12-22-13)17-7-6-16(23-24-17)18(26)21-11-19(8-9-19)14-2-4-15(20)5-3-14/h2-7,10,12H,8-9,11H2,1H3,(H,21,26). The molecule has 1 aliphatic rings. The highest BCUT2D eigenvalue weighted by Gasteiger charge is 2.44. The highest BCUT2D eigenvalue weighted by Crippen LogP contribution is 2.47. The first-order chi connectivity index (χ1) is 12.6. The lowest BCUT2D eigenvalue weighted by Gasteiger charge is -2.16. The molecule has 1 N–H and O–H groups in total. The van der Waals surface area contributed by atoms with Crippen LogP contribution in [0.1, 0.15) is 34.6 Å². The van der Waals surface area contributed by atoms with Crippen molar-refractivity contribution in [2.75, 3.05) is 6.54 Å². The van der Waals surface area contributed by atoms with Crippen LogP contribution in [0.2, 0.25) is 0 Å². The molecule has 1 aliphatic carbocycles. The van der Waals surface area contributed by atoms with Gasteiger partial charge in [-0.05, 0) is 49.6 Å². The number of hydrogen-bond donors (Lipinski definition) is 1. The van der Waals surface area contributed by atoms with Gasteiger partial charge in [0.1, 0.15) is 12.1 Å². The molecule has 1 fully saturated rings. The number of carbonyl (C=O) groups is 1. The Morgan fingerprint density at radius 1 is 1.19 bits per heavy atom. The maximum Gasteiger partial charge on any atom is 0.271 e. The molecule has 0 saturated heterocycles. The Morgan fingerprint density at radius 3 is 2.54 bits per heavy atom. The number of imidazole rings is 1. The molecule has 4 rings (SSSR count). The maximum absolute atomic E-state index is 13.1. The number of rotatable bonds is 5. The van der Waals surface area contributed by atoms with E-state index < -0.39 is 0 Å². The molecule has 1 saturated carbocycles.